The first-order valence-electron chi connectivity index (χ1n) is 9.32. The maximum absolute atomic E-state index is 4.70. The summed E-state index contributed by atoms with van der Waals surface area (Å²) in [6.45, 7) is 4.87. The van der Waals surface area contributed by atoms with Crippen LogP contribution in [0, 0.1) is 5.92 Å². The molecule has 2 bridgehead atoms. The average molecular weight is 332 g/mol. The highest BCUT2D eigenvalue weighted by Gasteiger charge is 2.39. The molecule has 0 radical (unpaired) electrons. The lowest BCUT2D eigenvalue weighted by atomic mass is 9.79. The number of hydrogen-bond acceptors (Lipinski definition) is 3. The van der Waals surface area contributed by atoms with Crippen LogP contribution in [-0.2, 0) is 0 Å². The molecular formula is C21H24N4. The third kappa shape index (κ3) is 2.61. The van der Waals surface area contributed by atoms with Gasteiger partial charge in [0.25, 0.3) is 0 Å². The molecule has 0 unspecified atom stereocenters. The zero-order valence-electron chi connectivity index (χ0n) is 14.6. The van der Waals surface area contributed by atoms with Gasteiger partial charge in [0.2, 0.25) is 0 Å². The Kier molecular flexibility index (Phi) is 3.52. The number of pyridine rings is 1. The average Bonchev–Trinajstić information content (AvgIpc) is 3.13. The molecule has 0 aliphatic carbocycles. The van der Waals surface area contributed by atoms with Crippen molar-refractivity contribution < 1.29 is 0 Å². The smallest absolute Gasteiger partial charge is 0.126 e. The van der Waals surface area contributed by atoms with Crippen molar-refractivity contribution in [2.75, 3.05) is 18.4 Å². The van der Waals surface area contributed by atoms with Gasteiger partial charge >= 0.3 is 0 Å². The van der Waals surface area contributed by atoms with E-state index >= 15 is 0 Å². The molecule has 4 heteroatoms. The molecule has 6 rings (SSSR count). The molecular weight excluding hydrogens is 308 g/mol. The number of aromatic amines is 1. The quantitative estimate of drug-likeness (QED) is 0.758. The predicted molar refractivity (Wildman–Crippen MR) is 103 cm³/mol. The fourth-order valence-corrected chi connectivity index (χ4v) is 4.59. The number of aromatic nitrogens is 2. The highest BCUT2D eigenvalue weighted by Crippen LogP contribution is 2.34. The van der Waals surface area contributed by atoms with Gasteiger partial charge in [0.05, 0.1) is 0 Å². The summed E-state index contributed by atoms with van der Waals surface area (Å²) in [6.07, 6.45) is 6.60. The standard InChI is InChI=1S/C21H24N4/c1-14-21(16-7-10-25(14)11-8-16)24-20-5-4-18(13-23-20)17-3-2-15-6-9-22-19(15)12-17/h2-6,9,12-14,16,21-22H,7-8,10-11H2,1H3,(H,23,24)/t14-,21+/m1/s1. The molecule has 128 valence electrons. The number of fused-ring (bicyclic) bond motifs is 4. The van der Waals surface area contributed by atoms with E-state index in [0.29, 0.717) is 12.1 Å². The van der Waals surface area contributed by atoms with Gasteiger partial charge in [-0.15, -0.1) is 0 Å². The molecule has 1 aromatic carbocycles. The molecule has 3 fully saturated rings. The second-order valence-corrected chi connectivity index (χ2v) is 7.50. The van der Waals surface area contributed by atoms with E-state index in [1.807, 2.05) is 12.4 Å². The van der Waals surface area contributed by atoms with Crippen molar-refractivity contribution >= 4 is 16.7 Å². The molecule has 5 heterocycles. The fourth-order valence-electron chi connectivity index (χ4n) is 4.59. The number of piperidine rings is 3. The van der Waals surface area contributed by atoms with Crippen LogP contribution in [0.3, 0.4) is 0 Å². The fraction of sp³-hybridized carbons (Fsp3) is 0.381. The highest BCUT2D eigenvalue weighted by atomic mass is 15.2. The second-order valence-electron chi connectivity index (χ2n) is 7.50. The van der Waals surface area contributed by atoms with Gasteiger partial charge in [0.15, 0.2) is 0 Å². The molecule has 2 N–H and O–H groups in total. The van der Waals surface area contributed by atoms with Crippen molar-refractivity contribution in [3.05, 3.63) is 48.8 Å². The van der Waals surface area contributed by atoms with Gasteiger partial charge in [0, 0.05) is 35.6 Å². The first kappa shape index (κ1) is 15.0. The molecule has 0 saturated carbocycles. The summed E-state index contributed by atoms with van der Waals surface area (Å²) in [5, 5.41) is 4.95. The lowest BCUT2D eigenvalue weighted by Crippen LogP contribution is -2.59. The van der Waals surface area contributed by atoms with E-state index in [2.05, 4.69) is 58.5 Å². The number of H-pyrrole nitrogens is 1. The van der Waals surface area contributed by atoms with Crippen molar-refractivity contribution in [2.45, 2.75) is 31.8 Å². The Hall–Kier alpha value is -2.33. The number of anilines is 1. The van der Waals surface area contributed by atoms with Gasteiger partial charge in [-0.2, -0.15) is 0 Å². The van der Waals surface area contributed by atoms with Crippen LogP contribution < -0.4 is 5.32 Å². The summed E-state index contributed by atoms with van der Waals surface area (Å²) in [7, 11) is 0. The summed E-state index contributed by atoms with van der Waals surface area (Å²) in [6, 6.07) is 14.0. The Labute approximate surface area is 148 Å². The third-order valence-electron chi connectivity index (χ3n) is 6.14. The summed E-state index contributed by atoms with van der Waals surface area (Å²) in [5.74, 6) is 1.78. The van der Waals surface area contributed by atoms with Gasteiger partial charge in [-0.25, -0.2) is 4.98 Å². The van der Waals surface area contributed by atoms with Gasteiger partial charge in [-0.3, -0.25) is 4.90 Å². The number of rotatable bonds is 3. The Balaban J connectivity index is 1.36. The molecule has 3 aliphatic heterocycles. The van der Waals surface area contributed by atoms with Crippen LogP contribution in [0.5, 0.6) is 0 Å². The van der Waals surface area contributed by atoms with E-state index in [1.165, 1.54) is 42.4 Å². The molecule has 2 aromatic heterocycles. The Morgan fingerprint density at radius 3 is 2.68 bits per heavy atom. The summed E-state index contributed by atoms with van der Waals surface area (Å²) >= 11 is 0. The van der Waals surface area contributed by atoms with Gasteiger partial charge in [-0.1, -0.05) is 12.1 Å². The minimum absolute atomic E-state index is 0.524. The van der Waals surface area contributed by atoms with Crippen LogP contribution >= 0.6 is 0 Å². The zero-order valence-corrected chi connectivity index (χ0v) is 14.6. The van der Waals surface area contributed by atoms with Crippen LogP contribution in [0.25, 0.3) is 22.0 Å². The molecule has 3 aliphatic rings. The number of nitrogens with zero attached hydrogens (tertiary/aromatic N) is 2. The van der Waals surface area contributed by atoms with E-state index in [-0.39, 0.29) is 0 Å². The van der Waals surface area contributed by atoms with E-state index in [1.54, 1.807) is 0 Å². The third-order valence-corrected chi connectivity index (χ3v) is 6.14. The van der Waals surface area contributed by atoms with Gasteiger partial charge in [-0.05, 0) is 74.0 Å². The Morgan fingerprint density at radius 1 is 1.08 bits per heavy atom. The maximum atomic E-state index is 4.70. The van der Waals surface area contributed by atoms with Crippen molar-refractivity contribution in [1.29, 1.82) is 0 Å². The van der Waals surface area contributed by atoms with Crippen molar-refractivity contribution in [3.8, 4) is 11.1 Å². The van der Waals surface area contributed by atoms with E-state index in [9.17, 15) is 0 Å². The number of hydrogen-bond donors (Lipinski definition) is 2. The van der Waals surface area contributed by atoms with E-state index in [0.717, 1.165) is 17.3 Å². The first-order chi connectivity index (χ1) is 12.3. The maximum Gasteiger partial charge on any atom is 0.126 e. The minimum Gasteiger partial charge on any atom is -0.365 e. The molecule has 0 amide bonds. The second kappa shape index (κ2) is 5.88. The lowest BCUT2D eigenvalue weighted by molar-refractivity contribution is 0.0457. The molecule has 2 atom stereocenters. The minimum atomic E-state index is 0.524. The van der Waals surface area contributed by atoms with Crippen molar-refractivity contribution in [1.82, 2.24) is 14.9 Å². The Bertz CT molecular complexity index is 872. The number of nitrogens with one attached hydrogen (secondary N) is 2. The monoisotopic (exact) mass is 332 g/mol. The summed E-state index contributed by atoms with van der Waals surface area (Å²) in [5.41, 5.74) is 3.52. The topological polar surface area (TPSA) is 44.0 Å². The molecule has 0 spiro atoms. The van der Waals surface area contributed by atoms with Crippen molar-refractivity contribution in [2.24, 2.45) is 5.92 Å². The van der Waals surface area contributed by atoms with Crippen LogP contribution in [0.4, 0.5) is 5.82 Å². The van der Waals surface area contributed by atoms with E-state index < -0.39 is 0 Å². The van der Waals surface area contributed by atoms with E-state index in [4.69, 9.17) is 4.98 Å². The first-order valence-corrected chi connectivity index (χ1v) is 9.32. The van der Waals surface area contributed by atoms with Gasteiger partial charge in [0.1, 0.15) is 5.82 Å². The molecule has 25 heavy (non-hydrogen) atoms. The SMILES string of the molecule is C[C@@H]1[C@H](Nc2ccc(-c3ccc4cc[nH]c4c3)cn2)C2CCN1CC2. The molecule has 3 saturated heterocycles. The molecule has 4 nitrogen and oxygen atoms in total. The predicted octanol–water partition coefficient (Wildman–Crippen LogP) is 4.12. The van der Waals surface area contributed by atoms with Crippen LogP contribution in [0.2, 0.25) is 0 Å². The Morgan fingerprint density at radius 2 is 1.92 bits per heavy atom. The highest BCUT2D eigenvalue weighted by molar-refractivity contribution is 5.84. The lowest BCUT2D eigenvalue weighted by Gasteiger charge is -2.50. The molecule has 3 aromatic rings. The summed E-state index contributed by atoms with van der Waals surface area (Å²) in [4.78, 5) is 10.6. The van der Waals surface area contributed by atoms with Crippen LogP contribution in [-0.4, -0.2) is 40.0 Å². The normalized spacial score (nSPS) is 28.4. The largest absolute Gasteiger partial charge is 0.365 e. The van der Waals surface area contributed by atoms with Gasteiger partial charge < -0.3 is 10.3 Å². The summed E-state index contributed by atoms with van der Waals surface area (Å²) < 4.78 is 0. The van der Waals surface area contributed by atoms with Crippen LogP contribution in [0.1, 0.15) is 19.8 Å². The van der Waals surface area contributed by atoms with Crippen LogP contribution in [0.15, 0.2) is 48.8 Å². The number of benzene rings is 1. The van der Waals surface area contributed by atoms with Crippen molar-refractivity contribution in [3.63, 3.8) is 0 Å². The zero-order chi connectivity index (χ0) is 16.8.